The number of hydrogen-bond acceptors (Lipinski definition) is 5. The van der Waals surface area contributed by atoms with Gasteiger partial charge in [-0.15, -0.1) is 0 Å². The maximum Gasteiger partial charge on any atom is 0.317 e. The molecule has 1 aliphatic carbocycles. The Morgan fingerprint density at radius 2 is 1.86 bits per heavy atom. The Hall–Kier alpha value is -2.26. The number of aromatic nitrogens is 1. The molecule has 7 nitrogen and oxygen atoms in total. The number of primary amides is 1. The fourth-order valence-corrected chi connectivity index (χ4v) is 6.70. The minimum atomic E-state index is -0.829. The normalized spacial score (nSPS) is 28.4. The molecule has 3 saturated heterocycles. The summed E-state index contributed by atoms with van der Waals surface area (Å²) in [6.07, 6.45) is 8.13. The summed E-state index contributed by atoms with van der Waals surface area (Å²) in [6.45, 7) is 2.10. The number of halogens is 2. The molecule has 6 rings (SSSR count). The van der Waals surface area contributed by atoms with Gasteiger partial charge in [0, 0.05) is 24.8 Å². The van der Waals surface area contributed by atoms with Crippen molar-refractivity contribution < 1.29 is 44.7 Å². The Kier molecular flexibility index (Phi) is 7.66. The van der Waals surface area contributed by atoms with Gasteiger partial charge in [-0.05, 0) is 30.5 Å². The van der Waals surface area contributed by atoms with Gasteiger partial charge in [0.2, 0.25) is 6.04 Å². The lowest BCUT2D eigenvalue weighted by Gasteiger charge is -2.54. The number of ether oxygens (including phenoxy) is 1. The van der Waals surface area contributed by atoms with Crippen molar-refractivity contribution in [2.45, 2.75) is 68.9 Å². The molecule has 1 saturated carbocycles. The van der Waals surface area contributed by atoms with Crippen LogP contribution in [0.15, 0.2) is 41.1 Å². The van der Waals surface area contributed by atoms with Crippen LogP contribution in [0.3, 0.4) is 0 Å². The summed E-state index contributed by atoms with van der Waals surface area (Å²) >= 11 is 0. The molecule has 190 valence electrons. The van der Waals surface area contributed by atoms with Gasteiger partial charge in [0.1, 0.15) is 18.6 Å². The highest BCUT2D eigenvalue weighted by Crippen LogP contribution is 2.45. The zero-order valence-electron chi connectivity index (χ0n) is 19.8. The van der Waals surface area contributed by atoms with Crippen molar-refractivity contribution >= 4 is 11.9 Å². The van der Waals surface area contributed by atoms with E-state index in [9.17, 15) is 14.0 Å². The number of quaternary nitrogens is 1. The number of esters is 1. The minimum absolute atomic E-state index is 0. The van der Waals surface area contributed by atoms with Crippen LogP contribution in [-0.4, -0.2) is 47.3 Å². The van der Waals surface area contributed by atoms with Crippen molar-refractivity contribution in [1.82, 2.24) is 5.16 Å². The first-order chi connectivity index (χ1) is 16.4. The molecule has 3 aliphatic heterocycles. The molecule has 0 spiro atoms. The van der Waals surface area contributed by atoms with Gasteiger partial charge in [0.15, 0.2) is 11.8 Å². The molecule has 4 aliphatic rings. The number of carbonyl (C=O) groups is 2. The number of benzene rings is 1. The van der Waals surface area contributed by atoms with E-state index in [4.69, 9.17) is 15.0 Å². The van der Waals surface area contributed by atoms with Crippen LogP contribution >= 0.6 is 0 Å². The van der Waals surface area contributed by atoms with Gasteiger partial charge < -0.3 is 36.5 Å². The van der Waals surface area contributed by atoms with Crippen molar-refractivity contribution in [1.29, 1.82) is 0 Å². The van der Waals surface area contributed by atoms with Crippen LogP contribution in [0.4, 0.5) is 4.39 Å². The zero-order valence-corrected chi connectivity index (χ0v) is 21.4. The number of nitrogens with zero attached hydrogens (tertiary/aromatic N) is 2. The van der Waals surface area contributed by atoms with E-state index in [2.05, 4.69) is 5.16 Å². The van der Waals surface area contributed by atoms with Crippen molar-refractivity contribution in [2.24, 2.45) is 11.7 Å². The maximum absolute atomic E-state index is 14.2. The fourth-order valence-electron chi connectivity index (χ4n) is 6.70. The third-order valence-corrected chi connectivity index (χ3v) is 8.50. The SMILES string of the molecule is NC(=O)C(c1ccon1)[N+]12CCC(CC1)[C@@H](OC(=O)C1(c3cccc(F)c3)CCCCCC1)C2.[Br-]. The van der Waals surface area contributed by atoms with Gasteiger partial charge in [-0.1, -0.05) is 43.0 Å². The second-order valence-corrected chi connectivity index (χ2v) is 10.4. The van der Waals surface area contributed by atoms with E-state index in [1.807, 2.05) is 6.07 Å². The smallest absolute Gasteiger partial charge is 0.317 e. The van der Waals surface area contributed by atoms with Gasteiger partial charge in [0.25, 0.3) is 5.91 Å². The van der Waals surface area contributed by atoms with E-state index in [1.165, 1.54) is 18.4 Å². The highest BCUT2D eigenvalue weighted by atomic mass is 79.9. The van der Waals surface area contributed by atoms with Crippen LogP contribution in [0, 0.1) is 11.7 Å². The number of carbonyl (C=O) groups excluding carboxylic acids is 2. The van der Waals surface area contributed by atoms with Gasteiger partial charge in [-0.3, -0.25) is 9.59 Å². The lowest BCUT2D eigenvalue weighted by atomic mass is 9.74. The molecule has 2 atom stereocenters. The van der Waals surface area contributed by atoms with E-state index in [-0.39, 0.29) is 40.8 Å². The quantitative estimate of drug-likeness (QED) is 0.326. The molecule has 9 heteroatoms. The average Bonchev–Trinajstić information content (AvgIpc) is 3.21. The number of piperidine rings is 3. The van der Waals surface area contributed by atoms with Gasteiger partial charge in [0.05, 0.1) is 18.5 Å². The summed E-state index contributed by atoms with van der Waals surface area (Å²) in [5, 5.41) is 4.02. The molecule has 0 radical (unpaired) electrons. The Labute approximate surface area is 215 Å². The van der Waals surface area contributed by atoms with Crippen LogP contribution in [-0.2, 0) is 19.7 Å². The highest BCUT2D eigenvalue weighted by Gasteiger charge is 2.55. The monoisotopic (exact) mass is 549 g/mol. The lowest BCUT2D eigenvalue weighted by Crippen LogP contribution is -3.00. The first-order valence-electron chi connectivity index (χ1n) is 12.5. The molecule has 4 heterocycles. The molecule has 1 aromatic carbocycles. The third-order valence-electron chi connectivity index (χ3n) is 8.50. The minimum Gasteiger partial charge on any atom is -1.00 e. The molecule has 1 aromatic heterocycles. The van der Waals surface area contributed by atoms with E-state index in [0.717, 1.165) is 51.6 Å². The molecular formula is C26H33BrFN3O4. The lowest BCUT2D eigenvalue weighted by molar-refractivity contribution is -0.965. The number of amides is 1. The van der Waals surface area contributed by atoms with Crippen LogP contribution in [0.1, 0.15) is 68.7 Å². The van der Waals surface area contributed by atoms with E-state index >= 15 is 0 Å². The van der Waals surface area contributed by atoms with Crippen LogP contribution in [0.2, 0.25) is 0 Å². The number of nitrogens with two attached hydrogens (primary N) is 1. The largest absolute Gasteiger partial charge is 1.00 e. The van der Waals surface area contributed by atoms with E-state index < -0.39 is 17.4 Å². The first kappa shape index (κ1) is 25.8. The third kappa shape index (κ3) is 4.77. The Balaban J connectivity index is 0.00000289. The zero-order chi connectivity index (χ0) is 23.8. The summed E-state index contributed by atoms with van der Waals surface area (Å²) < 4.78 is 25.9. The molecular weight excluding hydrogens is 517 g/mol. The second-order valence-electron chi connectivity index (χ2n) is 10.4. The maximum atomic E-state index is 14.2. The Bertz CT molecular complexity index is 1030. The fraction of sp³-hybridized carbons (Fsp3) is 0.577. The molecule has 35 heavy (non-hydrogen) atoms. The van der Waals surface area contributed by atoms with Gasteiger partial charge in [-0.25, -0.2) is 4.39 Å². The summed E-state index contributed by atoms with van der Waals surface area (Å²) in [7, 11) is 0. The topological polar surface area (TPSA) is 95.4 Å². The van der Waals surface area contributed by atoms with E-state index in [1.54, 1.807) is 12.1 Å². The van der Waals surface area contributed by atoms with Crippen LogP contribution in [0.5, 0.6) is 0 Å². The molecule has 4 fully saturated rings. The summed E-state index contributed by atoms with van der Waals surface area (Å²) in [5.74, 6) is -0.781. The summed E-state index contributed by atoms with van der Waals surface area (Å²) in [5.41, 5.74) is 6.26. The summed E-state index contributed by atoms with van der Waals surface area (Å²) in [6, 6.07) is 7.49. The Morgan fingerprint density at radius 1 is 1.14 bits per heavy atom. The first-order valence-corrected chi connectivity index (χ1v) is 12.5. The molecule has 2 bridgehead atoms. The van der Waals surface area contributed by atoms with Crippen LogP contribution < -0.4 is 22.7 Å². The van der Waals surface area contributed by atoms with E-state index in [0.29, 0.717) is 35.1 Å². The van der Waals surface area contributed by atoms with Crippen molar-refractivity contribution in [3.63, 3.8) is 0 Å². The summed E-state index contributed by atoms with van der Waals surface area (Å²) in [4.78, 5) is 26.4. The molecule has 2 aromatic rings. The van der Waals surface area contributed by atoms with Crippen molar-refractivity contribution in [2.75, 3.05) is 19.6 Å². The number of hydrogen-bond donors (Lipinski definition) is 1. The molecule has 1 unspecified atom stereocenters. The molecule has 2 N–H and O–H groups in total. The highest BCUT2D eigenvalue weighted by molar-refractivity contribution is 5.83. The number of rotatable bonds is 6. The van der Waals surface area contributed by atoms with Crippen molar-refractivity contribution in [3.8, 4) is 0 Å². The average molecular weight is 550 g/mol. The predicted octanol–water partition coefficient (Wildman–Crippen LogP) is 0.789. The van der Waals surface area contributed by atoms with Crippen LogP contribution in [0.25, 0.3) is 0 Å². The van der Waals surface area contributed by atoms with Gasteiger partial charge in [-0.2, -0.15) is 0 Å². The van der Waals surface area contributed by atoms with Crippen molar-refractivity contribution in [3.05, 3.63) is 53.7 Å². The Morgan fingerprint density at radius 3 is 2.46 bits per heavy atom. The predicted molar refractivity (Wildman–Crippen MR) is 122 cm³/mol. The standard InChI is InChI=1S/C26H32FN3O4.BrH/c27-20-7-5-6-19(16-20)26(11-3-1-2-4-12-26)25(32)34-22-17-30(13-8-18(22)9-14-30)23(24(28)31)21-10-15-33-29-21;/h5-7,10,15-16,18,22-23H,1-4,8-9,11-14,17H2,(H-,28,31);1H/t18?,22-,23?,30?;/m0./s1. The number of fused-ring (bicyclic) bond motifs is 3. The van der Waals surface area contributed by atoms with Gasteiger partial charge >= 0.3 is 5.97 Å². The second kappa shape index (κ2) is 10.4. The molecule has 1 amide bonds.